The Morgan fingerprint density at radius 3 is 1.86 bits per heavy atom. The fourth-order valence-corrected chi connectivity index (χ4v) is 4.16. The summed E-state index contributed by atoms with van der Waals surface area (Å²) in [5, 5.41) is 0. The quantitative estimate of drug-likeness (QED) is 0.175. The first-order chi connectivity index (χ1) is 13.0. The van der Waals surface area contributed by atoms with Gasteiger partial charge in [-0.2, -0.15) is 13.2 Å². The van der Waals surface area contributed by atoms with E-state index in [1.807, 2.05) is 0 Å². The lowest BCUT2D eigenvalue weighted by atomic mass is 10.1. The molecule has 29 heavy (non-hydrogen) atoms. The predicted molar refractivity (Wildman–Crippen MR) is 93.7 cm³/mol. The minimum Gasteiger partial charge on any atom is -0.392 e. The van der Waals surface area contributed by atoms with Gasteiger partial charge in [0.1, 0.15) is 12.6 Å². The predicted octanol–water partition coefficient (Wildman–Crippen LogP) is 1.48. The summed E-state index contributed by atoms with van der Waals surface area (Å²) in [5.74, 6) is -2.43. The van der Waals surface area contributed by atoms with Gasteiger partial charge in [-0.1, -0.05) is 12.1 Å². The van der Waals surface area contributed by atoms with Crippen molar-refractivity contribution in [1.82, 2.24) is 4.90 Å². The van der Waals surface area contributed by atoms with Crippen LogP contribution in [0, 0.1) is 0 Å². The van der Waals surface area contributed by atoms with Crippen molar-refractivity contribution in [3.63, 3.8) is 0 Å². The van der Waals surface area contributed by atoms with Crippen LogP contribution in [0.25, 0.3) is 0 Å². The molecule has 0 aliphatic carbocycles. The molecular weight excluding hydrogens is 465 g/mol. The van der Waals surface area contributed by atoms with E-state index in [4.69, 9.17) is 19.6 Å². The minimum absolute atomic E-state index is 0.115. The second-order valence-corrected chi connectivity index (χ2v) is 10.0. The molecule has 0 bridgehead atoms. The molecule has 4 N–H and O–H groups in total. The molecule has 0 saturated carbocycles. The summed E-state index contributed by atoms with van der Waals surface area (Å²) in [5.41, 5.74) is -4.24. The van der Waals surface area contributed by atoms with Crippen LogP contribution in [-0.2, 0) is 29.9 Å². The fraction of sp³-hybridized carbons (Fsp3) is 0.385. The smallest absolute Gasteiger partial charge is 0.392 e. The molecule has 0 spiro atoms. The van der Waals surface area contributed by atoms with Crippen molar-refractivity contribution in [2.24, 2.45) is 0 Å². The highest BCUT2D eigenvalue weighted by Crippen LogP contribution is 2.40. The van der Waals surface area contributed by atoms with Crippen molar-refractivity contribution in [3.8, 4) is 0 Å². The lowest BCUT2D eigenvalue weighted by Gasteiger charge is -2.21. The van der Waals surface area contributed by atoms with Crippen LogP contribution in [0.15, 0.2) is 29.2 Å². The van der Waals surface area contributed by atoms with E-state index < -0.39 is 58.2 Å². The van der Waals surface area contributed by atoms with Gasteiger partial charge in [0.2, 0.25) is 0 Å². The zero-order valence-corrected chi connectivity index (χ0v) is 17.0. The Bertz CT molecular complexity index is 798. The third kappa shape index (κ3) is 12.8. The van der Waals surface area contributed by atoms with Gasteiger partial charge in [-0.25, -0.2) is 0 Å². The summed E-state index contributed by atoms with van der Waals surface area (Å²) < 4.78 is 63.2. The van der Waals surface area contributed by atoms with E-state index >= 15 is 0 Å². The maximum atomic E-state index is 12.3. The molecule has 1 aromatic rings. The van der Waals surface area contributed by atoms with Crippen molar-refractivity contribution >= 4 is 38.9 Å². The highest BCUT2D eigenvalue weighted by molar-refractivity contribution is 8.00. The Labute approximate surface area is 166 Å². The Kier molecular flexibility index (Phi) is 9.06. The Hall–Kier alpha value is -1.24. The van der Waals surface area contributed by atoms with E-state index in [1.165, 1.54) is 12.1 Å². The standard InChI is InChI=1S/C13H16F3NO9P2S/c14-13(15,16)29-10-3-1-9(2-4-10)5-11(18)26-12(19)6-17(7-27(20,21)22)8-28(23,24)25/h1-4H,5-8H2,(H2,20,21,22)(H2,23,24,25). The molecule has 0 aromatic heterocycles. The number of nitrogens with zero attached hydrogens (tertiary/aromatic N) is 1. The van der Waals surface area contributed by atoms with Crippen molar-refractivity contribution < 1.29 is 56.2 Å². The third-order valence-corrected chi connectivity index (χ3v) is 5.13. The van der Waals surface area contributed by atoms with Gasteiger partial charge in [0, 0.05) is 4.90 Å². The van der Waals surface area contributed by atoms with Crippen molar-refractivity contribution in [1.29, 1.82) is 0 Å². The summed E-state index contributed by atoms with van der Waals surface area (Å²) in [6, 6.07) is 4.66. The van der Waals surface area contributed by atoms with Crippen LogP contribution in [0.2, 0.25) is 0 Å². The molecule has 16 heteroatoms. The van der Waals surface area contributed by atoms with Gasteiger partial charge in [-0.3, -0.25) is 23.6 Å². The number of carbonyl (C=O) groups excluding carboxylic acids is 2. The topological polar surface area (TPSA) is 162 Å². The SMILES string of the molecule is O=C(Cc1ccc(SC(F)(F)F)cc1)OC(=O)CN(CP(=O)(O)O)CP(=O)(O)O. The molecule has 0 heterocycles. The lowest BCUT2D eigenvalue weighted by molar-refractivity contribution is -0.159. The molecule has 0 atom stereocenters. The second kappa shape index (κ2) is 10.2. The van der Waals surface area contributed by atoms with Gasteiger partial charge in [-0.15, -0.1) is 0 Å². The normalized spacial score (nSPS) is 12.8. The molecule has 0 radical (unpaired) electrons. The molecule has 0 unspecified atom stereocenters. The van der Waals surface area contributed by atoms with Crippen LogP contribution in [0.4, 0.5) is 13.2 Å². The van der Waals surface area contributed by atoms with Gasteiger partial charge in [0.15, 0.2) is 0 Å². The number of benzene rings is 1. The van der Waals surface area contributed by atoms with Gasteiger partial charge in [-0.05, 0) is 29.5 Å². The summed E-state index contributed by atoms with van der Waals surface area (Å²) in [4.78, 5) is 59.4. The fourth-order valence-electron chi connectivity index (χ4n) is 2.02. The molecule has 0 saturated heterocycles. The van der Waals surface area contributed by atoms with Gasteiger partial charge in [0.05, 0.1) is 13.0 Å². The zero-order valence-electron chi connectivity index (χ0n) is 14.4. The van der Waals surface area contributed by atoms with E-state index in [0.717, 1.165) is 12.1 Å². The number of hydrogen-bond acceptors (Lipinski definition) is 7. The van der Waals surface area contributed by atoms with Crippen LogP contribution >= 0.6 is 27.0 Å². The number of ether oxygens (including phenoxy) is 1. The van der Waals surface area contributed by atoms with E-state index in [2.05, 4.69) is 4.74 Å². The molecule has 0 amide bonds. The van der Waals surface area contributed by atoms with E-state index in [-0.39, 0.29) is 22.2 Å². The van der Waals surface area contributed by atoms with Crippen molar-refractivity contribution in [2.75, 3.05) is 19.1 Å². The molecular formula is C13H16F3NO9P2S. The van der Waals surface area contributed by atoms with Crippen molar-refractivity contribution in [3.05, 3.63) is 29.8 Å². The maximum Gasteiger partial charge on any atom is 0.446 e. The molecule has 1 aromatic carbocycles. The average molecular weight is 481 g/mol. The molecule has 0 aliphatic heterocycles. The average Bonchev–Trinajstić information content (AvgIpc) is 2.43. The number of alkyl halides is 3. The summed E-state index contributed by atoms with van der Waals surface area (Å²) in [6.07, 6.45) is -2.79. The van der Waals surface area contributed by atoms with Crippen LogP contribution < -0.4 is 0 Å². The minimum atomic E-state index is -4.77. The largest absolute Gasteiger partial charge is 0.446 e. The monoisotopic (exact) mass is 481 g/mol. The highest BCUT2D eigenvalue weighted by atomic mass is 32.2. The van der Waals surface area contributed by atoms with Crippen LogP contribution in [-0.4, -0.2) is 61.0 Å². The number of thioether (sulfide) groups is 1. The number of esters is 2. The highest BCUT2D eigenvalue weighted by Gasteiger charge is 2.30. The van der Waals surface area contributed by atoms with Gasteiger partial charge in [0.25, 0.3) is 0 Å². The number of halogens is 3. The lowest BCUT2D eigenvalue weighted by Crippen LogP contribution is -2.33. The van der Waals surface area contributed by atoms with Gasteiger partial charge < -0.3 is 24.3 Å². The Morgan fingerprint density at radius 1 is 0.966 bits per heavy atom. The molecule has 0 aliphatic rings. The van der Waals surface area contributed by atoms with E-state index in [0.29, 0.717) is 4.90 Å². The van der Waals surface area contributed by atoms with E-state index in [1.54, 1.807) is 0 Å². The van der Waals surface area contributed by atoms with Crippen LogP contribution in [0.5, 0.6) is 0 Å². The number of rotatable bonds is 9. The molecule has 10 nitrogen and oxygen atoms in total. The maximum absolute atomic E-state index is 12.3. The zero-order chi connectivity index (χ0) is 22.5. The Morgan fingerprint density at radius 2 is 1.45 bits per heavy atom. The third-order valence-electron chi connectivity index (χ3n) is 2.85. The number of carbonyl (C=O) groups is 2. The molecule has 1 rings (SSSR count). The second-order valence-electron chi connectivity index (χ2n) is 5.66. The van der Waals surface area contributed by atoms with E-state index in [9.17, 15) is 31.9 Å². The van der Waals surface area contributed by atoms with Crippen molar-refractivity contribution in [2.45, 2.75) is 16.8 Å². The first-order valence-corrected chi connectivity index (χ1v) is 11.8. The first-order valence-electron chi connectivity index (χ1n) is 7.42. The summed E-state index contributed by atoms with van der Waals surface area (Å²) in [6.45, 7) is -0.983. The van der Waals surface area contributed by atoms with Crippen LogP contribution in [0.3, 0.4) is 0 Å². The van der Waals surface area contributed by atoms with Crippen LogP contribution in [0.1, 0.15) is 5.56 Å². The summed E-state index contributed by atoms with van der Waals surface area (Å²) >= 11 is -0.349. The Balaban J connectivity index is 2.64. The number of hydrogen-bond donors (Lipinski definition) is 4. The molecule has 0 fully saturated rings. The van der Waals surface area contributed by atoms with Gasteiger partial charge >= 0.3 is 32.6 Å². The molecule has 164 valence electrons. The summed E-state index contributed by atoms with van der Waals surface area (Å²) in [7, 11) is -9.53. The first kappa shape index (κ1) is 25.8.